The molecule has 0 saturated carbocycles. The largest absolute Gasteiger partial charge is 0.496 e. The van der Waals surface area contributed by atoms with E-state index in [1.165, 1.54) is 11.1 Å². The molecule has 1 unspecified atom stereocenters. The molecule has 1 heterocycles. The fourth-order valence-corrected chi connectivity index (χ4v) is 3.21. The third kappa shape index (κ3) is 2.58. The van der Waals surface area contributed by atoms with Gasteiger partial charge in [0.05, 0.1) is 30.2 Å². The van der Waals surface area contributed by atoms with Gasteiger partial charge in [0, 0.05) is 0 Å². The zero-order valence-electron chi connectivity index (χ0n) is 11.0. The Labute approximate surface area is 131 Å². The Hall–Kier alpha value is -1.03. The molecule has 0 aromatic heterocycles. The molecule has 104 valence electrons. The summed E-state index contributed by atoms with van der Waals surface area (Å²) < 4.78 is 11.6. The predicted molar refractivity (Wildman–Crippen MR) is 83.3 cm³/mol. The number of methoxy groups -OCH3 is 1. The van der Waals surface area contributed by atoms with E-state index in [4.69, 9.17) is 21.1 Å². The predicted octanol–water partition coefficient (Wildman–Crippen LogP) is 4.82. The number of halogens is 2. The van der Waals surface area contributed by atoms with Gasteiger partial charge in [0.15, 0.2) is 0 Å². The van der Waals surface area contributed by atoms with Crippen LogP contribution in [0.5, 0.6) is 5.75 Å². The van der Waals surface area contributed by atoms with Crippen molar-refractivity contribution in [3.05, 3.63) is 63.1 Å². The van der Waals surface area contributed by atoms with Gasteiger partial charge in [-0.25, -0.2) is 0 Å². The van der Waals surface area contributed by atoms with Crippen LogP contribution in [-0.4, -0.2) is 7.11 Å². The van der Waals surface area contributed by atoms with Gasteiger partial charge in [0.1, 0.15) is 5.75 Å². The summed E-state index contributed by atoms with van der Waals surface area (Å²) in [6, 6.07) is 12.2. The number of rotatable bonds is 3. The highest BCUT2D eigenvalue weighted by Gasteiger charge is 2.17. The monoisotopic (exact) mass is 352 g/mol. The molecule has 0 fully saturated rings. The number of alkyl halides is 1. The van der Waals surface area contributed by atoms with Crippen molar-refractivity contribution in [1.82, 2.24) is 0 Å². The van der Waals surface area contributed by atoms with Crippen LogP contribution in [0.15, 0.2) is 40.9 Å². The summed E-state index contributed by atoms with van der Waals surface area (Å²) in [7, 11) is 1.65. The Morgan fingerprint density at radius 1 is 1.10 bits per heavy atom. The first-order valence-corrected chi connectivity index (χ1v) is 7.59. The quantitative estimate of drug-likeness (QED) is 0.737. The van der Waals surface area contributed by atoms with E-state index >= 15 is 0 Å². The van der Waals surface area contributed by atoms with Crippen LogP contribution in [0.3, 0.4) is 0 Å². The molecule has 0 spiro atoms. The third-order valence-electron chi connectivity index (χ3n) is 3.51. The summed E-state index contributed by atoms with van der Waals surface area (Å²) in [5, 5.41) is -0.178. The van der Waals surface area contributed by atoms with E-state index in [2.05, 4.69) is 34.1 Å². The van der Waals surface area contributed by atoms with Crippen LogP contribution >= 0.6 is 27.5 Å². The number of hydrogen-bond donors (Lipinski definition) is 0. The van der Waals surface area contributed by atoms with E-state index in [0.29, 0.717) is 13.2 Å². The Balaban J connectivity index is 1.92. The molecule has 1 aliphatic rings. The molecule has 0 saturated heterocycles. The van der Waals surface area contributed by atoms with E-state index in [9.17, 15) is 0 Å². The minimum absolute atomic E-state index is 0.178. The zero-order chi connectivity index (χ0) is 14.1. The summed E-state index contributed by atoms with van der Waals surface area (Å²) >= 11 is 10.1. The molecule has 1 atom stereocenters. The van der Waals surface area contributed by atoms with Gasteiger partial charge >= 0.3 is 0 Å². The van der Waals surface area contributed by atoms with Gasteiger partial charge in [0.2, 0.25) is 0 Å². The molecule has 0 N–H and O–H groups in total. The number of ether oxygens (including phenoxy) is 2. The summed E-state index contributed by atoms with van der Waals surface area (Å²) in [4.78, 5) is 0. The Morgan fingerprint density at radius 3 is 2.55 bits per heavy atom. The fourth-order valence-electron chi connectivity index (χ4n) is 2.38. The molecule has 0 amide bonds. The molecule has 0 radical (unpaired) electrons. The zero-order valence-corrected chi connectivity index (χ0v) is 13.4. The summed E-state index contributed by atoms with van der Waals surface area (Å²) in [5.41, 5.74) is 4.63. The first kappa shape index (κ1) is 13.9. The van der Waals surface area contributed by atoms with Crippen LogP contribution in [-0.2, 0) is 18.0 Å². The number of hydrogen-bond acceptors (Lipinski definition) is 2. The van der Waals surface area contributed by atoms with Gasteiger partial charge in [-0.05, 0) is 50.3 Å². The lowest BCUT2D eigenvalue weighted by molar-refractivity contribution is 0.134. The first-order chi connectivity index (χ1) is 9.69. The molecular weight excluding hydrogens is 340 g/mol. The highest BCUT2D eigenvalue weighted by Crippen LogP contribution is 2.35. The minimum Gasteiger partial charge on any atom is -0.496 e. The molecule has 2 aromatic rings. The lowest BCUT2D eigenvalue weighted by Gasteiger charge is -2.13. The summed E-state index contributed by atoms with van der Waals surface area (Å²) in [5.74, 6) is 0.806. The first-order valence-electron chi connectivity index (χ1n) is 6.36. The standard InChI is InChI=1S/C16H14BrClO2/c1-19-15-5-4-11(7-14(15)17)16(18)10-2-3-12-8-20-9-13(12)6-10/h2-7,16H,8-9H2,1H3. The molecule has 20 heavy (non-hydrogen) atoms. The van der Waals surface area contributed by atoms with Gasteiger partial charge in [-0.1, -0.05) is 24.3 Å². The molecular formula is C16H14BrClO2. The lowest BCUT2D eigenvalue weighted by Crippen LogP contribution is -1.96. The summed E-state index contributed by atoms with van der Waals surface area (Å²) in [6.07, 6.45) is 0. The molecule has 2 nitrogen and oxygen atoms in total. The van der Waals surface area contributed by atoms with Crippen LogP contribution in [0.25, 0.3) is 0 Å². The average molecular weight is 354 g/mol. The maximum atomic E-state index is 6.60. The molecule has 1 aliphatic heterocycles. The van der Waals surface area contributed by atoms with Crippen LogP contribution in [0.4, 0.5) is 0 Å². The van der Waals surface area contributed by atoms with Crippen LogP contribution in [0.1, 0.15) is 27.6 Å². The molecule has 2 aromatic carbocycles. The Morgan fingerprint density at radius 2 is 1.80 bits per heavy atom. The Bertz CT molecular complexity index is 642. The average Bonchev–Trinajstić information content (AvgIpc) is 2.93. The molecule has 4 heteroatoms. The van der Waals surface area contributed by atoms with E-state index in [0.717, 1.165) is 21.3 Å². The summed E-state index contributed by atoms with van der Waals surface area (Å²) in [6.45, 7) is 1.38. The van der Waals surface area contributed by atoms with Crippen LogP contribution in [0, 0.1) is 0 Å². The van der Waals surface area contributed by atoms with E-state index in [-0.39, 0.29) is 5.38 Å². The van der Waals surface area contributed by atoms with Crippen molar-refractivity contribution >= 4 is 27.5 Å². The second kappa shape index (κ2) is 5.76. The maximum absolute atomic E-state index is 6.60. The number of fused-ring (bicyclic) bond motifs is 1. The molecule has 0 bridgehead atoms. The topological polar surface area (TPSA) is 18.5 Å². The van der Waals surface area contributed by atoms with Crippen molar-refractivity contribution in [2.45, 2.75) is 18.6 Å². The number of benzene rings is 2. The molecule has 3 rings (SSSR count). The second-order valence-electron chi connectivity index (χ2n) is 4.78. The van der Waals surface area contributed by atoms with Crippen molar-refractivity contribution in [2.24, 2.45) is 0 Å². The van der Waals surface area contributed by atoms with Crippen molar-refractivity contribution in [3.63, 3.8) is 0 Å². The van der Waals surface area contributed by atoms with Gasteiger partial charge < -0.3 is 9.47 Å². The van der Waals surface area contributed by atoms with E-state index in [1.54, 1.807) is 7.11 Å². The normalized spacial score (nSPS) is 14.9. The van der Waals surface area contributed by atoms with Crippen molar-refractivity contribution in [1.29, 1.82) is 0 Å². The lowest BCUT2D eigenvalue weighted by atomic mass is 10.00. The van der Waals surface area contributed by atoms with Gasteiger partial charge in [0.25, 0.3) is 0 Å². The van der Waals surface area contributed by atoms with Crippen molar-refractivity contribution < 1.29 is 9.47 Å². The van der Waals surface area contributed by atoms with Crippen LogP contribution in [0.2, 0.25) is 0 Å². The Kier molecular flexibility index (Phi) is 4.01. The fraction of sp³-hybridized carbons (Fsp3) is 0.250. The van der Waals surface area contributed by atoms with Gasteiger partial charge in [-0.15, -0.1) is 11.6 Å². The van der Waals surface area contributed by atoms with Crippen LogP contribution < -0.4 is 4.74 Å². The highest BCUT2D eigenvalue weighted by molar-refractivity contribution is 9.10. The van der Waals surface area contributed by atoms with Crippen molar-refractivity contribution in [3.8, 4) is 5.75 Å². The molecule has 0 aliphatic carbocycles. The third-order valence-corrected chi connectivity index (χ3v) is 4.63. The van der Waals surface area contributed by atoms with Gasteiger partial charge in [-0.3, -0.25) is 0 Å². The van der Waals surface area contributed by atoms with E-state index < -0.39 is 0 Å². The minimum atomic E-state index is -0.178. The maximum Gasteiger partial charge on any atom is 0.133 e. The second-order valence-corrected chi connectivity index (χ2v) is 6.07. The van der Waals surface area contributed by atoms with Crippen molar-refractivity contribution in [2.75, 3.05) is 7.11 Å². The highest BCUT2D eigenvalue weighted by atomic mass is 79.9. The van der Waals surface area contributed by atoms with Gasteiger partial charge in [-0.2, -0.15) is 0 Å². The van der Waals surface area contributed by atoms with E-state index in [1.807, 2.05) is 18.2 Å². The smallest absolute Gasteiger partial charge is 0.133 e. The SMILES string of the molecule is COc1ccc(C(Cl)c2ccc3c(c2)COC3)cc1Br.